The number of anilines is 1. The third-order valence-electron chi connectivity index (χ3n) is 4.68. The van der Waals surface area contributed by atoms with Gasteiger partial charge in [-0.2, -0.15) is 0 Å². The minimum Gasteiger partial charge on any atom is -0.493 e. The largest absolute Gasteiger partial charge is 0.493 e. The number of ether oxygens (including phenoxy) is 4. The van der Waals surface area contributed by atoms with Crippen LogP contribution in [-0.2, 0) is 6.54 Å². The highest BCUT2D eigenvalue weighted by Crippen LogP contribution is 2.34. The van der Waals surface area contributed by atoms with Crippen LogP contribution >= 0.6 is 0 Å². The Morgan fingerprint density at radius 3 is 2.56 bits per heavy atom. The van der Waals surface area contributed by atoms with Gasteiger partial charge in [-0.25, -0.2) is 4.99 Å². The second kappa shape index (κ2) is 9.69. The first-order chi connectivity index (χ1) is 15.7. The minimum atomic E-state index is -0.354. The summed E-state index contributed by atoms with van der Waals surface area (Å²) in [6.45, 7) is 0.527. The molecule has 1 aromatic heterocycles. The molecule has 164 valence electrons. The number of methoxy groups -OCH3 is 2. The van der Waals surface area contributed by atoms with Crippen LogP contribution in [-0.4, -0.2) is 37.9 Å². The molecule has 0 saturated carbocycles. The second-order valence-corrected chi connectivity index (χ2v) is 6.74. The second-order valence-electron chi connectivity index (χ2n) is 6.74. The monoisotopic (exact) mass is 434 g/mol. The van der Waals surface area contributed by atoms with Crippen molar-refractivity contribution < 1.29 is 23.7 Å². The van der Waals surface area contributed by atoms with Crippen molar-refractivity contribution in [2.45, 2.75) is 6.54 Å². The summed E-state index contributed by atoms with van der Waals surface area (Å²) < 4.78 is 21.3. The van der Waals surface area contributed by atoms with Gasteiger partial charge in [0.1, 0.15) is 0 Å². The molecule has 9 nitrogen and oxygen atoms in total. The molecule has 32 heavy (non-hydrogen) atoms. The number of aromatic nitrogens is 1. The van der Waals surface area contributed by atoms with Gasteiger partial charge in [-0.3, -0.25) is 15.1 Å². The quantitative estimate of drug-likeness (QED) is 0.454. The van der Waals surface area contributed by atoms with Crippen molar-refractivity contribution in [3.63, 3.8) is 0 Å². The minimum absolute atomic E-state index is 0.178. The summed E-state index contributed by atoms with van der Waals surface area (Å²) in [6.07, 6.45) is 3.38. The molecule has 0 atom stereocenters. The molecule has 3 aromatic rings. The fourth-order valence-electron chi connectivity index (χ4n) is 3.04. The molecule has 1 aliphatic rings. The molecule has 9 heteroatoms. The Balaban J connectivity index is 1.56. The van der Waals surface area contributed by atoms with E-state index in [1.54, 1.807) is 42.7 Å². The van der Waals surface area contributed by atoms with Crippen molar-refractivity contribution in [3.05, 3.63) is 72.1 Å². The molecule has 0 aliphatic carbocycles. The Bertz CT molecular complexity index is 1130. The summed E-state index contributed by atoms with van der Waals surface area (Å²) in [5.41, 5.74) is 2.03. The van der Waals surface area contributed by atoms with Gasteiger partial charge in [0.25, 0.3) is 5.91 Å². The Labute approximate surface area is 185 Å². The Kier molecular flexibility index (Phi) is 6.35. The van der Waals surface area contributed by atoms with Gasteiger partial charge in [-0.1, -0.05) is 0 Å². The average Bonchev–Trinajstić information content (AvgIpc) is 3.30. The number of benzene rings is 2. The molecule has 4 rings (SSSR count). The van der Waals surface area contributed by atoms with Crippen molar-refractivity contribution in [2.24, 2.45) is 4.99 Å². The van der Waals surface area contributed by atoms with E-state index in [1.807, 2.05) is 18.2 Å². The van der Waals surface area contributed by atoms with Crippen LogP contribution in [0.1, 0.15) is 15.9 Å². The molecule has 0 radical (unpaired) electrons. The van der Waals surface area contributed by atoms with E-state index >= 15 is 0 Å². The van der Waals surface area contributed by atoms with E-state index < -0.39 is 0 Å². The molecule has 0 fully saturated rings. The Hall–Kier alpha value is -4.27. The fourth-order valence-corrected chi connectivity index (χ4v) is 3.04. The van der Waals surface area contributed by atoms with Gasteiger partial charge in [-0.05, 0) is 48.0 Å². The topological polar surface area (TPSA) is 103 Å². The number of hydrogen-bond acceptors (Lipinski definition) is 7. The van der Waals surface area contributed by atoms with Crippen LogP contribution in [0.4, 0.5) is 5.69 Å². The average molecular weight is 434 g/mol. The maximum atomic E-state index is 12.9. The highest BCUT2D eigenvalue weighted by atomic mass is 16.7. The summed E-state index contributed by atoms with van der Waals surface area (Å²) in [5, 5.41) is 5.97. The normalized spacial score (nSPS) is 12.2. The lowest BCUT2D eigenvalue weighted by Gasteiger charge is -2.13. The van der Waals surface area contributed by atoms with Gasteiger partial charge in [0.15, 0.2) is 23.0 Å². The van der Waals surface area contributed by atoms with Crippen LogP contribution in [0.3, 0.4) is 0 Å². The summed E-state index contributed by atoms with van der Waals surface area (Å²) in [5.74, 6) is 2.20. The van der Waals surface area contributed by atoms with E-state index in [1.165, 1.54) is 14.2 Å². The number of nitrogens with zero attached hydrogens (tertiary/aromatic N) is 2. The Morgan fingerprint density at radius 2 is 1.78 bits per heavy atom. The molecule has 2 N–H and O–H groups in total. The summed E-state index contributed by atoms with van der Waals surface area (Å²) >= 11 is 0. The van der Waals surface area contributed by atoms with Crippen LogP contribution in [0.25, 0.3) is 0 Å². The lowest BCUT2D eigenvalue weighted by Crippen LogP contribution is -2.36. The third kappa shape index (κ3) is 4.89. The van der Waals surface area contributed by atoms with Crippen LogP contribution in [0, 0.1) is 0 Å². The number of hydrogen-bond donors (Lipinski definition) is 2. The zero-order valence-corrected chi connectivity index (χ0v) is 17.6. The number of pyridine rings is 1. The summed E-state index contributed by atoms with van der Waals surface area (Å²) in [6, 6.07) is 14.0. The first kappa shape index (κ1) is 21.0. The Morgan fingerprint density at radius 1 is 1.00 bits per heavy atom. The number of aliphatic imine (C=N–C) groups is 1. The first-order valence-electron chi connectivity index (χ1n) is 9.79. The zero-order valence-electron chi connectivity index (χ0n) is 17.6. The number of carbonyl (C=O) groups excluding carboxylic acids is 1. The molecule has 2 aromatic carbocycles. The van der Waals surface area contributed by atoms with E-state index in [0.717, 1.165) is 5.56 Å². The van der Waals surface area contributed by atoms with Gasteiger partial charge in [0.2, 0.25) is 12.8 Å². The zero-order chi connectivity index (χ0) is 22.3. The van der Waals surface area contributed by atoms with Crippen LogP contribution in [0.5, 0.6) is 23.0 Å². The molecule has 1 aliphatic heterocycles. The van der Waals surface area contributed by atoms with Gasteiger partial charge < -0.3 is 24.3 Å². The van der Waals surface area contributed by atoms with E-state index in [9.17, 15) is 4.79 Å². The van der Waals surface area contributed by atoms with Gasteiger partial charge in [-0.15, -0.1) is 0 Å². The maximum Gasteiger partial charge on any atom is 0.258 e. The highest BCUT2D eigenvalue weighted by molar-refractivity contribution is 6.10. The van der Waals surface area contributed by atoms with E-state index in [-0.39, 0.29) is 18.7 Å². The fraction of sp³-hybridized carbons (Fsp3) is 0.174. The molecule has 0 spiro atoms. The molecule has 2 heterocycles. The molecule has 0 saturated heterocycles. The molecule has 0 bridgehead atoms. The van der Waals surface area contributed by atoms with Gasteiger partial charge >= 0.3 is 0 Å². The maximum absolute atomic E-state index is 12.9. The van der Waals surface area contributed by atoms with Gasteiger partial charge in [0.05, 0.1) is 20.8 Å². The lowest BCUT2D eigenvalue weighted by atomic mass is 10.2. The molecular weight excluding hydrogens is 412 g/mol. The van der Waals surface area contributed by atoms with E-state index in [4.69, 9.17) is 18.9 Å². The lowest BCUT2D eigenvalue weighted by molar-refractivity contribution is 0.0976. The summed E-state index contributed by atoms with van der Waals surface area (Å²) in [4.78, 5) is 21.5. The van der Waals surface area contributed by atoms with Crippen LogP contribution in [0.2, 0.25) is 0 Å². The van der Waals surface area contributed by atoms with Crippen molar-refractivity contribution in [2.75, 3.05) is 26.3 Å². The molecular formula is C23H22N4O5. The van der Waals surface area contributed by atoms with Crippen LogP contribution < -0.4 is 29.6 Å². The van der Waals surface area contributed by atoms with Crippen molar-refractivity contribution in [3.8, 4) is 23.0 Å². The third-order valence-corrected chi connectivity index (χ3v) is 4.68. The van der Waals surface area contributed by atoms with Crippen molar-refractivity contribution >= 4 is 17.6 Å². The SMILES string of the molecule is COc1ccc(C(=O)NC(=NCc2ccncc2)Nc2ccc3c(c2)OCO3)cc1OC. The number of nitrogens with one attached hydrogen (secondary N) is 2. The number of rotatable bonds is 6. The number of guanidine groups is 1. The van der Waals surface area contributed by atoms with Crippen LogP contribution in [0.15, 0.2) is 65.9 Å². The predicted molar refractivity (Wildman–Crippen MR) is 119 cm³/mol. The first-order valence-corrected chi connectivity index (χ1v) is 9.79. The summed E-state index contributed by atoms with van der Waals surface area (Å²) in [7, 11) is 3.05. The van der Waals surface area contributed by atoms with Crippen molar-refractivity contribution in [1.29, 1.82) is 0 Å². The number of fused-ring (bicyclic) bond motifs is 1. The highest BCUT2D eigenvalue weighted by Gasteiger charge is 2.16. The standard InChI is InChI=1S/C23H22N4O5/c1-29-18-5-3-16(11-20(18)30-2)22(28)27-23(25-13-15-7-9-24-10-8-15)26-17-4-6-19-21(12-17)32-14-31-19/h3-12H,13-14H2,1-2H3,(H2,25,26,27,28). The van der Waals surface area contributed by atoms with Gasteiger partial charge in [0, 0.05) is 29.7 Å². The van der Waals surface area contributed by atoms with E-state index in [0.29, 0.717) is 40.8 Å². The molecule has 0 unspecified atom stereocenters. The predicted octanol–water partition coefficient (Wildman–Crippen LogP) is 3.23. The van der Waals surface area contributed by atoms with E-state index in [2.05, 4.69) is 20.6 Å². The number of amides is 1. The van der Waals surface area contributed by atoms with Crippen molar-refractivity contribution in [1.82, 2.24) is 10.3 Å². The number of carbonyl (C=O) groups is 1. The smallest absolute Gasteiger partial charge is 0.258 e. The molecule has 1 amide bonds.